The Labute approximate surface area is 137 Å². The zero-order valence-corrected chi connectivity index (χ0v) is 13.7. The summed E-state index contributed by atoms with van der Waals surface area (Å²) in [5, 5.41) is 9.59. The normalized spacial score (nSPS) is 14.8. The van der Waals surface area contributed by atoms with Crippen LogP contribution in [0.3, 0.4) is 0 Å². The second-order valence-corrected chi connectivity index (χ2v) is 6.90. The second-order valence-electron chi connectivity index (χ2n) is 5.52. The summed E-state index contributed by atoms with van der Waals surface area (Å²) < 4.78 is 16.6. The molecule has 0 saturated carbocycles. The van der Waals surface area contributed by atoms with E-state index in [9.17, 15) is 9.00 Å². The summed E-state index contributed by atoms with van der Waals surface area (Å²) in [6.45, 7) is 0.349. The molecule has 7 heteroatoms. The maximum atomic E-state index is 12.0. The third kappa shape index (κ3) is 3.79. The molecular formula is C16H19N3O3S. The predicted octanol–water partition coefficient (Wildman–Crippen LogP) is 2.61. The third-order valence-electron chi connectivity index (χ3n) is 3.89. The van der Waals surface area contributed by atoms with E-state index in [1.54, 1.807) is 30.5 Å². The SMILES string of the molecule is C[S@@](=O)c1ccc(NC(=O)NCc2noc3c2CCCC3)cc1. The minimum absolute atomic E-state index is 0.303. The quantitative estimate of drug-likeness (QED) is 0.901. The first-order valence-corrected chi connectivity index (χ1v) is 9.14. The lowest BCUT2D eigenvalue weighted by Gasteiger charge is -2.10. The Balaban J connectivity index is 1.55. The number of carbonyl (C=O) groups excluding carboxylic acids is 1. The Morgan fingerprint density at radius 2 is 2.00 bits per heavy atom. The highest BCUT2D eigenvalue weighted by molar-refractivity contribution is 7.84. The molecule has 1 aromatic heterocycles. The molecule has 1 aliphatic rings. The van der Waals surface area contributed by atoms with Crippen molar-refractivity contribution in [3.05, 3.63) is 41.3 Å². The van der Waals surface area contributed by atoms with Gasteiger partial charge < -0.3 is 15.2 Å². The van der Waals surface area contributed by atoms with Gasteiger partial charge in [-0.15, -0.1) is 0 Å². The van der Waals surface area contributed by atoms with Crippen LogP contribution in [-0.4, -0.2) is 21.7 Å². The van der Waals surface area contributed by atoms with E-state index < -0.39 is 10.8 Å². The number of amides is 2. The Hall–Kier alpha value is -2.15. The average Bonchev–Trinajstić information content (AvgIpc) is 2.97. The summed E-state index contributed by atoms with van der Waals surface area (Å²) in [5.74, 6) is 0.955. The van der Waals surface area contributed by atoms with Crippen LogP contribution < -0.4 is 10.6 Å². The van der Waals surface area contributed by atoms with E-state index in [1.165, 1.54) is 0 Å². The monoisotopic (exact) mass is 333 g/mol. The van der Waals surface area contributed by atoms with Crippen LogP contribution in [0.2, 0.25) is 0 Å². The molecule has 0 aliphatic heterocycles. The highest BCUT2D eigenvalue weighted by Crippen LogP contribution is 2.24. The molecule has 6 nitrogen and oxygen atoms in total. The largest absolute Gasteiger partial charge is 0.361 e. The van der Waals surface area contributed by atoms with Gasteiger partial charge in [0.15, 0.2) is 0 Å². The van der Waals surface area contributed by atoms with Crippen molar-refractivity contribution in [2.75, 3.05) is 11.6 Å². The van der Waals surface area contributed by atoms with E-state index in [-0.39, 0.29) is 6.03 Å². The maximum absolute atomic E-state index is 12.0. The summed E-state index contributed by atoms with van der Waals surface area (Å²) in [4.78, 5) is 12.7. The number of hydrogen-bond acceptors (Lipinski definition) is 4. The average molecular weight is 333 g/mol. The van der Waals surface area contributed by atoms with E-state index in [4.69, 9.17) is 4.52 Å². The van der Waals surface area contributed by atoms with Crippen LogP contribution in [0.1, 0.15) is 29.9 Å². The molecule has 2 N–H and O–H groups in total. The Morgan fingerprint density at radius 1 is 1.26 bits per heavy atom. The fraction of sp³-hybridized carbons (Fsp3) is 0.375. The Morgan fingerprint density at radius 3 is 2.74 bits per heavy atom. The van der Waals surface area contributed by atoms with Crippen LogP contribution in [0.15, 0.2) is 33.7 Å². The number of nitrogens with one attached hydrogen (secondary N) is 2. The molecule has 0 saturated heterocycles. The molecule has 3 rings (SSSR count). The number of rotatable bonds is 4. The lowest BCUT2D eigenvalue weighted by Crippen LogP contribution is -2.28. The van der Waals surface area contributed by atoms with E-state index >= 15 is 0 Å². The molecule has 0 spiro atoms. The minimum Gasteiger partial charge on any atom is -0.361 e. The molecule has 0 fully saturated rings. The van der Waals surface area contributed by atoms with Crippen LogP contribution in [0.4, 0.5) is 10.5 Å². The zero-order chi connectivity index (χ0) is 16.2. The summed E-state index contributed by atoms with van der Waals surface area (Å²) >= 11 is 0. The lowest BCUT2D eigenvalue weighted by molar-refractivity contribution is 0.251. The van der Waals surface area contributed by atoms with Gasteiger partial charge in [-0.1, -0.05) is 5.16 Å². The molecule has 1 aliphatic carbocycles. The molecule has 2 aromatic rings. The standard InChI is InChI=1S/C16H19N3O3S/c1-23(21)12-8-6-11(7-9-12)18-16(20)17-10-14-13-4-2-3-5-15(13)22-19-14/h6-9H,2-5,10H2,1H3,(H2,17,18,20)/t23-/m1/s1. The van der Waals surface area contributed by atoms with Crippen LogP contribution in [0.5, 0.6) is 0 Å². The van der Waals surface area contributed by atoms with Gasteiger partial charge in [0.25, 0.3) is 0 Å². The van der Waals surface area contributed by atoms with Gasteiger partial charge >= 0.3 is 6.03 Å². The number of hydrogen-bond donors (Lipinski definition) is 2. The number of fused-ring (bicyclic) bond motifs is 1. The number of urea groups is 1. The van der Waals surface area contributed by atoms with Crippen molar-refractivity contribution >= 4 is 22.5 Å². The van der Waals surface area contributed by atoms with Crippen molar-refractivity contribution in [1.29, 1.82) is 0 Å². The van der Waals surface area contributed by atoms with Crippen molar-refractivity contribution in [3.63, 3.8) is 0 Å². The van der Waals surface area contributed by atoms with Gasteiger partial charge in [-0.05, 0) is 43.5 Å². The van der Waals surface area contributed by atoms with Gasteiger partial charge in [-0.2, -0.15) is 0 Å². The van der Waals surface area contributed by atoms with Crippen molar-refractivity contribution in [3.8, 4) is 0 Å². The molecule has 1 heterocycles. The Kier molecular flexibility index (Phi) is 4.76. The van der Waals surface area contributed by atoms with Crippen molar-refractivity contribution in [2.45, 2.75) is 37.1 Å². The number of nitrogens with zero attached hydrogens (tertiary/aromatic N) is 1. The first-order valence-electron chi connectivity index (χ1n) is 7.58. The minimum atomic E-state index is -1.02. The summed E-state index contributed by atoms with van der Waals surface area (Å²) in [6, 6.07) is 6.63. The van der Waals surface area contributed by atoms with E-state index in [1.807, 2.05) is 0 Å². The lowest BCUT2D eigenvalue weighted by atomic mass is 9.96. The van der Waals surface area contributed by atoms with Crippen molar-refractivity contribution < 1.29 is 13.5 Å². The highest BCUT2D eigenvalue weighted by atomic mass is 32.2. The maximum Gasteiger partial charge on any atom is 0.319 e. The Bertz CT molecular complexity index is 725. The fourth-order valence-corrected chi connectivity index (χ4v) is 3.18. The molecule has 0 bridgehead atoms. The van der Waals surface area contributed by atoms with Crippen molar-refractivity contribution in [1.82, 2.24) is 10.5 Å². The van der Waals surface area contributed by atoms with Gasteiger partial charge in [0.05, 0.1) is 6.54 Å². The molecule has 2 amide bonds. The fourth-order valence-electron chi connectivity index (χ4n) is 2.66. The second kappa shape index (κ2) is 6.95. The first-order chi connectivity index (χ1) is 11.1. The summed E-state index contributed by atoms with van der Waals surface area (Å²) in [5.41, 5.74) is 2.61. The predicted molar refractivity (Wildman–Crippen MR) is 87.8 cm³/mol. The molecule has 1 aromatic carbocycles. The summed E-state index contributed by atoms with van der Waals surface area (Å²) in [6.07, 6.45) is 5.78. The smallest absolute Gasteiger partial charge is 0.319 e. The number of carbonyl (C=O) groups is 1. The zero-order valence-electron chi connectivity index (χ0n) is 12.9. The number of aromatic nitrogens is 1. The topological polar surface area (TPSA) is 84.2 Å². The van der Waals surface area contributed by atoms with Crippen LogP contribution in [0, 0.1) is 0 Å². The molecule has 122 valence electrons. The molecule has 23 heavy (non-hydrogen) atoms. The number of benzene rings is 1. The van der Waals surface area contributed by atoms with E-state index in [0.717, 1.165) is 47.6 Å². The molecular weight excluding hydrogens is 314 g/mol. The van der Waals surface area contributed by atoms with E-state index in [2.05, 4.69) is 15.8 Å². The van der Waals surface area contributed by atoms with Gasteiger partial charge in [-0.25, -0.2) is 4.79 Å². The number of anilines is 1. The van der Waals surface area contributed by atoms with E-state index in [0.29, 0.717) is 12.2 Å². The molecule has 1 atom stereocenters. The van der Waals surface area contributed by atoms with Crippen molar-refractivity contribution in [2.24, 2.45) is 0 Å². The van der Waals surface area contributed by atoms with Crippen LogP contribution in [0.25, 0.3) is 0 Å². The first kappa shape index (κ1) is 15.7. The third-order valence-corrected chi connectivity index (χ3v) is 4.83. The molecule has 0 radical (unpaired) electrons. The van der Waals surface area contributed by atoms with Gasteiger partial charge in [-0.3, -0.25) is 4.21 Å². The van der Waals surface area contributed by atoms with Gasteiger partial charge in [0.2, 0.25) is 0 Å². The van der Waals surface area contributed by atoms with Crippen LogP contribution >= 0.6 is 0 Å². The number of aryl methyl sites for hydroxylation is 1. The van der Waals surface area contributed by atoms with Gasteiger partial charge in [0.1, 0.15) is 11.5 Å². The summed E-state index contributed by atoms with van der Waals surface area (Å²) in [7, 11) is -1.02. The van der Waals surface area contributed by atoms with Gasteiger partial charge in [0, 0.05) is 39.6 Å². The highest BCUT2D eigenvalue weighted by Gasteiger charge is 2.19. The molecule has 0 unspecified atom stereocenters. The van der Waals surface area contributed by atoms with Crippen LogP contribution in [-0.2, 0) is 30.2 Å².